The Morgan fingerprint density at radius 1 is 1.15 bits per heavy atom. The van der Waals surface area contributed by atoms with Crippen molar-refractivity contribution in [1.29, 1.82) is 0 Å². The second kappa shape index (κ2) is 10.3. The number of hydrogen-bond acceptors (Lipinski definition) is 5. The van der Waals surface area contributed by atoms with Gasteiger partial charge in [-0.25, -0.2) is 9.03 Å². The van der Waals surface area contributed by atoms with Crippen molar-refractivity contribution in [2.24, 2.45) is 7.05 Å². The normalized spacial score (nSPS) is 19.9. The summed E-state index contributed by atoms with van der Waals surface area (Å²) in [5, 5.41) is 4.17. The molecule has 1 aromatic heterocycles. The van der Waals surface area contributed by atoms with Gasteiger partial charge >= 0.3 is 39.8 Å². The fourth-order valence-corrected chi connectivity index (χ4v) is 7.33. The molecule has 10 heteroatoms. The minimum atomic E-state index is -4.08. The first-order chi connectivity index (χ1) is 15.8. The molecule has 1 saturated heterocycles. The molecule has 2 heterocycles. The maximum Gasteiger partial charge on any atom is 1.00 e. The molecule has 2 aliphatic carbocycles. The van der Waals surface area contributed by atoms with Gasteiger partial charge in [-0.15, -0.1) is 0 Å². The Labute approximate surface area is 226 Å². The Morgan fingerprint density at radius 3 is 2.41 bits per heavy atom. The van der Waals surface area contributed by atoms with E-state index in [1.54, 1.807) is 24.1 Å². The number of benzene rings is 1. The summed E-state index contributed by atoms with van der Waals surface area (Å²) in [7, 11) is -0.323. The molecule has 0 spiro atoms. The SMILES string of the molecule is CN1CCCC(N(c2cnn(C)c2)S(=O)(=O)NC(=O)Cc2c3c(cc4c2CCC4)CCC3)C1.[H-].[Na+]. The minimum Gasteiger partial charge on any atom is -1.00 e. The first-order valence-electron chi connectivity index (χ1n) is 12.0. The molecular formula is C24H34N5NaO3S. The molecule has 180 valence electrons. The van der Waals surface area contributed by atoms with Crippen molar-refractivity contribution >= 4 is 21.8 Å². The van der Waals surface area contributed by atoms with Crippen molar-refractivity contribution in [1.82, 2.24) is 19.4 Å². The molecular weight excluding hydrogens is 461 g/mol. The summed E-state index contributed by atoms with van der Waals surface area (Å²) in [4.78, 5) is 15.3. The van der Waals surface area contributed by atoms with Crippen LogP contribution in [0.25, 0.3) is 0 Å². The number of nitrogens with one attached hydrogen (secondary N) is 1. The van der Waals surface area contributed by atoms with Gasteiger partial charge in [0.05, 0.1) is 24.3 Å². The molecule has 1 aromatic carbocycles. The van der Waals surface area contributed by atoms with E-state index in [-0.39, 0.29) is 43.4 Å². The van der Waals surface area contributed by atoms with Crippen LogP contribution in [0.15, 0.2) is 18.5 Å². The van der Waals surface area contributed by atoms with Gasteiger partial charge < -0.3 is 6.33 Å². The molecule has 2 aromatic rings. The third-order valence-electron chi connectivity index (χ3n) is 7.31. The van der Waals surface area contributed by atoms with Gasteiger partial charge in [0.25, 0.3) is 0 Å². The fraction of sp³-hybridized carbons (Fsp3) is 0.583. The third kappa shape index (κ3) is 5.09. The third-order valence-corrected chi connectivity index (χ3v) is 8.83. The number of carbonyl (C=O) groups excluding carboxylic acids is 1. The standard InChI is InChI=1S/C24H33N5O3S.Na.H/c1-27-11-5-8-19(15-27)29(20-14-25-28(2)16-20)33(31,32)26-24(30)13-23-21-9-3-6-17(21)12-18-7-4-10-22(18)23;;/h12,14,16,19H,3-11,13,15H2,1-2H3,(H,26,30);;/q;+1;-1. The molecule has 1 aliphatic heterocycles. The summed E-state index contributed by atoms with van der Waals surface area (Å²) in [5.41, 5.74) is 6.82. The number of carbonyl (C=O) groups is 1. The van der Waals surface area contributed by atoms with Gasteiger partial charge in [0, 0.05) is 19.8 Å². The Bertz CT molecular complexity index is 1150. The van der Waals surface area contributed by atoms with Crippen LogP contribution in [0.3, 0.4) is 0 Å². The topological polar surface area (TPSA) is 87.5 Å². The van der Waals surface area contributed by atoms with Crippen LogP contribution in [0.4, 0.5) is 5.69 Å². The van der Waals surface area contributed by atoms with Crippen LogP contribution in [-0.2, 0) is 54.2 Å². The van der Waals surface area contributed by atoms with Crippen LogP contribution in [0.1, 0.15) is 54.9 Å². The van der Waals surface area contributed by atoms with Crippen LogP contribution >= 0.6 is 0 Å². The summed E-state index contributed by atoms with van der Waals surface area (Å²) in [6, 6.07) is 2.08. The molecule has 8 nitrogen and oxygen atoms in total. The molecule has 1 unspecified atom stereocenters. The maximum atomic E-state index is 13.6. The van der Waals surface area contributed by atoms with Crippen LogP contribution < -0.4 is 38.6 Å². The van der Waals surface area contributed by atoms with Gasteiger partial charge in [-0.1, -0.05) is 6.07 Å². The van der Waals surface area contributed by atoms with E-state index in [4.69, 9.17) is 0 Å². The first-order valence-corrected chi connectivity index (χ1v) is 13.4. The van der Waals surface area contributed by atoms with Crippen molar-refractivity contribution in [3.05, 3.63) is 46.3 Å². The quantitative estimate of drug-likeness (QED) is 0.521. The van der Waals surface area contributed by atoms with Crippen LogP contribution in [0, 0.1) is 0 Å². The van der Waals surface area contributed by atoms with E-state index in [2.05, 4.69) is 20.8 Å². The number of aryl methyl sites for hydroxylation is 3. The summed E-state index contributed by atoms with van der Waals surface area (Å²) < 4.78 is 32.5. The Balaban J connectivity index is 0.00000171. The number of nitrogens with zero attached hydrogens (tertiary/aromatic N) is 4. The fourth-order valence-electron chi connectivity index (χ4n) is 5.94. The number of hydrogen-bond donors (Lipinski definition) is 1. The Morgan fingerprint density at radius 2 is 1.82 bits per heavy atom. The van der Waals surface area contributed by atoms with Gasteiger partial charge in [-0.3, -0.25) is 9.48 Å². The van der Waals surface area contributed by atoms with Crippen molar-refractivity contribution in [2.45, 2.75) is 63.8 Å². The average molecular weight is 496 g/mol. The van der Waals surface area contributed by atoms with Gasteiger partial charge in [0.1, 0.15) is 0 Å². The largest absolute Gasteiger partial charge is 1.00 e. The van der Waals surface area contributed by atoms with Crippen LogP contribution in [0.2, 0.25) is 0 Å². The summed E-state index contributed by atoms with van der Waals surface area (Å²) in [6.45, 7) is 1.55. The van der Waals surface area contributed by atoms with Crippen molar-refractivity contribution in [3.8, 4) is 0 Å². The number of fused-ring (bicyclic) bond motifs is 2. The zero-order valence-electron chi connectivity index (χ0n) is 21.5. The van der Waals surface area contributed by atoms with E-state index in [0.717, 1.165) is 63.5 Å². The molecule has 1 N–H and O–H groups in total. The zero-order chi connectivity index (χ0) is 23.2. The van der Waals surface area contributed by atoms with E-state index in [1.165, 1.54) is 26.6 Å². The minimum absolute atomic E-state index is 0. The van der Waals surface area contributed by atoms with Crippen LogP contribution in [0.5, 0.6) is 0 Å². The number of rotatable bonds is 6. The van der Waals surface area contributed by atoms with Gasteiger partial charge in [0.2, 0.25) is 5.91 Å². The zero-order valence-corrected chi connectivity index (χ0v) is 23.3. The smallest absolute Gasteiger partial charge is 1.00 e. The molecule has 0 bridgehead atoms. The predicted octanol–water partition coefficient (Wildman–Crippen LogP) is -0.982. The second-order valence-corrected chi connectivity index (χ2v) is 11.3. The number of piperidine rings is 1. The second-order valence-electron chi connectivity index (χ2n) is 9.77. The summed E-state index contributed by atoms with van der Waals surface area (Å²) >= 11 is 0. The van der Waals surface area contributed by atoms with Crippen molar-refractivity contribution in [2.75, 3.05) is 24.4 Å². The predicted molar refractivity (Wildman–Crippen MR) is 129 cm³/mol. The summed E-state index contributed by atoms with van der Waals surface area (Å²) in [6.07, 6.45) is 11.3. The number of likely N-dealkylation sites (N-methyl/N-ethyl adjacent to an activating group) is 1. The molecule has 1 amide bonds. The molecule has 3 aliphatic rings. The number of likely N-dealkylation sites (tertiary alicyclic amines) is 1. The molecule has 5 rings (SSSR count). The van der Waals surface area contributed by atoms with Crippen molar-refractivity contribution < 1.29 is 44.2 Å². The van der Waals surface area contributed by atoms with Crippen LogP contribution in [-0.4, -0.2) is 55.2 Å². The average Bonchev–Trinajstić information content (AvgIpc) is 3.48. The number of anilines is 1. The molecule has 0 radical (unpaired) electrons. The molecule has 34 heavy (non-hydrogen) atoms. The Kier molecular flexibility index (Phi) is 7.79. The molecule has 1 atom stereocenters. The van der Waals surface area contributed by atoms with Gasteiger partial charge in [-0.2, -0.15) is 13.5 Å². The molecule has 0 saturated carbocycles. The number of aromatic nitrogens is 2. The Hall–Kier alpha value is -1.39. The van der Waals surface area contributed by atoms with Crippen molar-refractivity contribution in [3.63, 3.8) is 0 Å². The monoisotopic (exact) mass is 495 g/mol. The maximum absolute atomic E-state index is 13.6. The molecule has 1 fully saturated rings. The van der Waals surface area contributed by atoms with E-state index < -0.39 is 16.1 Å². The van der Waals surface area contributed by atoms with E-state index in [0.29, 0.717) is 12.2 Å². The van der Waals surface area contributed by atoms with E-state index in [1.807, 2.05) is 7.05 Å². The summed E-state index contributed by atoms with van der Waals surface area (Å²) in [5.74, 6) is -0.456. The van der Waals surface area contributed by atoms with Gasteiger partial charge in [0.15, 0.2) is 0 Å². The van der Waals surface area contributed by atoms with E-state index in [9.17, 15) is 13.2 Å². The number of amides is 1. The van der Waals surface area contributed by atoms with E-state index >= 15 is 0 Å². The first kappa shape index (κ1) is 25.7. The van der Waals surface area contributed by atoms with Gasteiger partial charge in [-0.05, 0) is 92.8 Å².